The molecule has 1 aliphatic rings. The van der Waals surface area contributed by atoms with Crippen molar-refractivity contribution in [3.63, 3.8) is 0 Å². The number of aliphatic hydroxyl groups excluding tert-OH is 1. The van der Waals surface area contributed by atoms with Gasteiger partial charge >= 0.3 is 6.18 Å². The van der Waals surface area contributed by atoms with Gasteiger partial charge in [-0.05, 0) is 35.9 Å². The smallest absolute Gasteiger partial charge is 0.382 e. The Hall–Kier alpha value is -0.430. The van der Waals surface area contributed by atoms with Gasteiger partial charge < -0.3 is 10.4 Å². The van der Waals surface area contributed by atoms with Gasteiger partial charge in [-0.2, -0.15) is 13.2 Å². The molecular weight excluding hydrogens is 299 g/mol. The summed E-state index contributed by atoms with van der Waals surface area (Å²) >= 11 is 7.57. The Labute approximate surface area is 118 Å². The maximum atomic E-state index is 12.2. The summed E-state index contributed by atoms with van der Waals surface area (Å²) in [6.45, 7) is -0.509. The molecule has 2 atom stereocenters. The second-order valence-corrected chi connectivity index (χ2v) is 5.91. The Morgan fingerprint density at radius 2 is 2.21 bits per heavy atom. The number of alkyl halides is 3. The van der Waals surface area contributed by atoms with E-state index >= 15 is 0 Å². The molecule has 0 radical (unpaired) electrons. The zero-order chi connectivity index (χ0) is 14.0. The van der Waals surface area contributed by atoms with Crippen LogP contribution in [0.25, 0.3) is 0 Å². The summed E-state index contributed by atoms with van der Waals surface area (Å²) < 4.78 is 36.7. The van der Waals surface area contributed by atoms with E-state index in [1.54, 1.807) is 23.9 Å². The van der Waals surface area contributed by atoms with E-state index in [4.69, 9.17) is 16.7 Å². The highest BCUT2D eigenvalue weighted by molar-refractivity contribution is 7.99. The Kier molecular flexibility index (Phi) is 4.66. The first-order valence-corrected chi connectivity index (χ1v) is 7.14. The second-order valence-electron chi connectivity index (χ2n) is 4.34. The van der Waals surface area contributed by atoms with Crippen molar-refractivity contribution in [2.45, 2.75) is 29.6 Å². The number of hydrogen-bond acceptors (Lipinski definition) is 3. The molecule has 1 aromatic rings. The SMILES string of the molecule is OC(CNC1CCSc2ccc(Cl)cc21)C(F)(F)F. The molecule has 2 unspecified atom stereocenters. The largest absolute Gasteiger partial charge is 0.415 e. The molecule has 2 rings (SSSR count). The molecule has 1 aliphatic heterocycles. The Morgan fingerprint density at radius 3 is 2.89 bits per heavy atom. The molecule has 1 aromatic carbocycles. The summed E-state index contributed by atoms with van der Waals surface area (Å²) in [5, 5.41) is 12.3. The van der Waals surface area contributed by atoms with E-state index in [0.717, 1.165) is 16.2 Å². The van der Waals surface area contributed by atoms with Gasteiger partial charge in [0.05, 0.1) is 0 Å². The number of nitrogens with one attached hydrogen (secondary N) is 1. The van der Waals surface area contributed by atoms with Gasteiger partial charge in [-0.1, -0.05) is 11.6 Å². The van der Waals surface area contributed by atoms with E-state index in [1.165, 1.54) is 0 Å². The topological polar surface area (TPSA) is 32.3 Å². The maximum Gasteiger partial charge on any atom is 0.415 e. The van der Waals surface area contributed by atoms with Gasteiger partial charge in [0.25, 0.3) is 0 Å². The number of fused-ring (bicyclic) bond motifs is 1. The molecule has 0 saturated heterocycles. The molecule has 2 nitrogen and oxygen atoms in total. The predicted octanol–water partition coefficient (Wildman–Crippen LogP) is 3.39. The normalized spacial score (nSPS) is 21.0. The van der Waals surface area contributed by atoms with E-state index in [0.29, 0.717) is 11.4 Å². The van der Waals surface area contributed by atoms with Crippen LogP contribution < -0.4 is 5.32 Å². The number of benzene rings is 1. The molecule has 0 spiro atoms. The third-order valence-corrected chi connectivity index (χ3v) is 4.30. The van der Waals surface area contributed by atoms with Crippen LogP contribution in [0.5, 0.6) is 0 Å². The van der Waals surface area contributed by atoms with E-state index in [2.05, 4.69) is 5.32 Å². The summed E-state index contributed by atoms with van der Waals surface area (Å²) in [5.41, 5.74) is 0.901. The molecule has 0 bridgehead atoms. The highest BCUT2D eigenvalue weighted by Crippen LogP contribution is 2.37. The van der Waals surface area contributed by atoms with Crippen LogP contribution in [-0.4, -0.2) is 29.7 Å². The molecule has 0 saturated carbocycles. The Morgan fingerprint density at radius 1 is 1.47 bits per heavy atom. The predicted molar refractivity (Wildman–Crippen MR) is 69.6 cm³/mol. The Bertz CT molecular complexity index is 455. The molecule has 106 valence electrons. The van der Waals surface area contributed by atoms with E-state index in [9.17, 15) is 13.2 Å². The number of thioether (sulfide) groups is 1. The van der Waals surface area contributed by atoms with Crippen molar-refractivity contribution < 1.29 is 18.3 Å². The zero-order valence-electron chi connectivity index (χ0n) is 9.88. The molecule has 0 aliphatic carbocycles. The lowest BCUT2D eigenvalue weighted by molar-refractivity contribution is -0.202. The van der Waals surface area contributed by atoms with Crippen LogP contribution in [0, 0.1) is 0 Å². The molecule has 0 fully saturated rings. The van der Waals surface area contributed by atoms with Crippen molar-refractivity contribution in [2.75, 3.05) is 12.3 Å². The average Bonchev–Trinajstić information content (AvgIpc) is 2.34. The first kappa shape index (κ1) is 15.0. The maximum absolute atomic E-state index is 12.2. The van der Waals surface area contributed by atoms with Crippen molar-refractivity contribution in [2.24, 2.45) is 0 Å². The van der Waals surface area contributed by atoms with Crippen LogP contribution in [0.1, 0.15) is 18.0 Å². The Balaban J connectivity index is 2.05. The van der Waals surface area contributed by atoms with Gasteiger partial charge in [0.1, 0.15) is 0 Å². The van der Waals surface area contributed by atoms with Crippen molar-refractivity contribution in [1.82, 2.24) is 5.32 Å². The molecule has 7 heteroatoms. The van der Waals surface area contributed by atoms with Crippen molar-refractivity contribution >= 4 is 23.4 Å². The zero-order valence-corrected chi connectivity index (χ0v) is 11.4. The van der Waals surface area contributed by atoms with Crippen LogP contribution in [0.4, 0.5) is 13.2 Å². The first-order chi connectivity index (χ1) is 8.88. The van der Waals surface area contributed by atoms with Gasteiger partial charge in [-0.3, -0.25) is 0 Å². The number of rotatable bonds is 3. The lowest BCUT2D eigenvalue weighted by Gasteiger charge is -2.27. The number of hydrogen-bond donors (Lipinski definition) is 2. The monoisotopic (exact) mass is 311 g/mol. The fourth-order valence-corrected chi connectivity index (χ4v) is 3.23. The van der Waals surface area contributed by atoms with Gasteiger partial charge in [-0.25, -0.2) is 0 Å². The van der Waals surface area contributed by atoms with Crippen LogP contribution in [0.2, 0.25) is 5.02 Å². The van der Waals surface area contributed by atoms with Gasteiger partial charge in [0.2, 0.25) is 0 Å². The van der Waals surface area contributed by atoms with Crippen molar-refractivity contribution in [3.05, 3.63) is 28.8 Å². The minimum absolute atomic E-state index is 0.202. The lowest BCUT2D eigenvalue weighted by Crippen LogP contribution is -2.40. The van der Waals surface area contributed by atoms with Gasteiger partial charge in [0.15, 0.2) is 6.10 Å². The van der Waals surface area contributed by atoms with Crippen LogP contribution in [0.3, 0.4) is 0 Å². The average molecular weight is 312 g/mol. The minimum atomic E-state index is -4.59. The fourth-order valence-electron chi connectivity index (χ4n) is 1.95. The third-order valence-electron chi connectivity index (χ3n) is 2.95. The highest BCUT2D eigenvalue weighted by atomic mass is 35.5. The summed E-state index contributed by atoms with van der Waals surface area (Å²) in [4.78, 5) is 1.02. The minimum Gasteiger partial charge on any atom is -0.382 e. The molecule has 1 heterocycles. The van der Waals surface area contributed by atoms with E-state index in [1.807, 2.05) is 6.07 Å². The summed E-state index contributed by atoms with van der Waals surface area (Å²) in [5.74, 6) is 0.828. The van der Waals surface area contributed by atoms with E-state index < -0.39 is 18.8 Å². The quantitative estimate of drug-likeness (QED) is 0.897. The highest BCUT2D eigenvalue weighted by Gasteiger charge is 2.38. The number of halogens is 4. The third kappa shape index (κ3) is 3.78. The van der Waals surface area contributed by atoms with Crippen LogP contribution in [-0.2, 0) is 0 Å². The lowest BCUT2D eigenvalue weighted by atomic mass is 10.0. The van der Waals surface area contributed by atoms with Crippen LogP contribution in [0.15, 0.2) is 23.1 Å². The van der Waals surface area contributed by atoms with Crippen molar-refractivity contribution in [3.8, 4) is 0 Å². The number of aliphatic hydroxyl groups is 1. The molecular formula is C12H13ClF3NOS. The first-order valence-electron chi connectivity index (χ1n) is 5.78. The fraction of sp³-hybridized carbons (Fsp3) is 0.500. The molecule has 2 N–H and O–H groups in total. The summed E-state index contributed by atoms with van der Waals surface area (Å²) in [6, 6.07) is 5.20. The molecule has 19 heavy (non-hydrogen) atoms. The summed E-state index contributed by atoms with van der Waals surface area (Å²) in [6.07, 6.45) is -6.22. The standard InChI is InChI=1S/C12H13ClF3NOS/c13-7-1-2-10-8(5-7)9(3-4-19-10)17-6-11(18)12(14,15)16/h1-2,5,9,11,17-18H,3-4,6H2. The van der Waals surface area contributed by atoms with Gasteiger partial charge in [-0.15, -0.1) is 11.8 Å². The molecule has 0 amide bonds. The van der Waals surface area contributed by atoms with Crippen LogP contribution >= 0.6 is 23.4 Å². The van der Waals surface area contributed by atoms with E-state index in [-0.39, 0.29) is 6.04 Å². The molecule has 0 aromatic heterocycles. The summed E-state index contributed by atoms with van der Waals surface area (Å²) in [7, 11) is 0. The van der Waals surface area contributed by atoms with Gasteiger partial charge in [0, 0.05) is 22.5 Å². The second kappa shape index (κ2) is 5.91. The van der Waals surface area contributed by atoms with Crippen molar-refractivity contribution in [1.29, 1.82) is 0 Å².